The van der Waals surface area contributed by atoms with Crippen molar-refractivity contribution in [2.24, 2.45) is 0 Å². The standard InChI is InChI=1S/C18H17N3O5S2/c1-25-18(22)16-14(7-8-27-16)28(23,24)21-10-13(11-21)17-19-15(20-26-17)9-12-5-3-2-4-6-12/h2-8,13H,9-11H2,1H3. The molecule has 1 aromatic carbocycles. The summed E-state index contributed by atoms with van der Waals surface area (Å²) >= 11 is 1.04. The third kappa shape index (κ3) is 3.46. The lowest BCUT2D eigenvalue weighted by Crippen LogP contribution is -2.48. The van der Waals surface area contributed by atoms with Crippen molar-refractivity contribution in [1.82, 2.24) is 14.4 Å². The van der Waals surface area contributed by atoms with Crippen LogP contribution >= 0.6 is 11.3 Å². The summed E-state index contributed by atoms with van der Waals surface area (Å²) in [5.74, 6) is 0.171. The number of ether oxygens (including phenoxy) is 1. The Bertz CT molecular complexity index is 1090. The van der Waals surface area contributed by atoms with Gasteiger partial charge in [0.1, 0.15) is 9.77 Å². The van der Waals surface area contributed by atoms with Gasteiger partial charge >= 0.3 is 5.97 Å². The van der Waals surface area contributed by atoms with Gasteiger partial charge in [-0.15, -0.1) is 11.3 Å². The number of rotatable bonds is 6. The summed E-state index contributed by atoms with van der Waals surface area (Å²) in [6.07, 6.45) is 0.552. The SMILES string of the molecule is COC(=O)c1sccc1S(=O)(=O)N1CC(c2nc(Cc3ccccc3)no2)C1. The second-order valence-electron chi connectivity index (χ2n) is 6.34. The van der Waals surface area contributed by atoms with Crippen LogP contribution in [0.2, 0.25) is 0 Å². The normalized spacial score (nSPS) is 15.3. The summed E-state index contributed by atoms with van der Waals surface area (Å²) in [6.45, 7) is 0.456. The van der Waals surface area contributed by atoms with Crippen molar-refractivity contribution in [2.45, 2.75) is 17.2 Å². The van der Waals surface area contributed by atoms with Gasteiger partial charge in [-0.25, -0.2) is 13.2 Å². The number of benzene rings is 1. The summed E-state index contributed by atoms with van der Waals surface area (Å²) in [5, 5.41) is 5.55. The summed E-state index contributed by atoms with van der Waals surface area (Å²) < 4.78 is 36.9. The van der Waals surface area contributed by atoms with Gasteiger partial charge in [-0.2, -0.15) is 9.29 Å². The number of hydrogen-bond donors (Lipinski definition) is 0. The van der Waals surface area contributed by atoms with E-state index in [0.717, 1.165) is 16.9 Å². The van der Waals surface area contributed by atoms with Gasteiger partial charge in [-0.1, -0.05) is 35.5 Å². The maximum atomic E-state index is 12.8. The van der Waals surface area contributed by atoms with Gasteiger partial charge in [0.05, 0.1) is 13.0 Å². The maximum Gasteiger partial charge on any atom is 0.349 e. The molecule has 1 fully saturated rings. The minimum atomic E-state index is -3.77. The second-order valence-corrected chi connectivity index (χ2v) is 9.16. The molecule has 8 nitrogen and oxygen atoms in total. The number of carbonyl (C=O) groups excluding carboxylic acids is 1. The molecule has 0 spiro atoms. The minimum Gasteiger partial charge on any atom is -0.465 e. The largest absolute Gasteiger partial charge is 0.465 e. The molecule has 0 saturated carbocycles. The molecular weight excluding hydrogens is 402 g/mol. The first kappa shape index (κ1) is 18.8. The highest BCUT2D eigenvalue weighted by molar-refractivity contribution is 7.89. The highest BCUT2D eigenvalue weighted by Gasteiger charge is 2.42. The van der Waals surface area contributed by atoms with E-state index in [1.54, 1.807) is 5.38 Å². The predicted octanol–water partition coefficient (Wildman–Crippen LogP) is 2.30. The van der Waals surface area contributed by atoms with Crippen molar-refractivity contribution in [1.29, 1.82) is 0 Å². The number of thiophene rings is 1. The predicted molar refractivity (Wildman–Crippen MR) is 101 cm³/mol. The minimum absolute atomic E-state index is 0.0295. The average Bonchev–Trinajstić information content (AvgIpc) is 3.31. The first-order valence-corrected chi connectivity index (χ1v) is 10.8. The number of methoxy groups -OCH3 is 1. The van der Waals surface area contributed by atoms with Crippen LogP contribution in [0.5, 0.6) is 0 Å². The van der Waals surface area contributed by atoms with Gasteiger partial charge in [-0.3, -0.25) is 0 Å². The van der Waals surface area contributed by atoms with Crippen LogP contribution in [0, 0.1) is 0 Å². The second kappa shape index (κ2) is 7.46. The molecule has 3 aromatic rings. The van der Waals surface area contributed by atoms with Gasteiger partial charge < -0.3 is 9.26 Å². The summed E-state index contributed by atoms with van der Waals surface area (Å²) in [6, 6.07) is 11.2. The zero-order valence-corrected chi connectivity index (χ0v) is 16.6. The fraction of sp³-hybridized carbons (Fsp3) is 0.278. The van der Waals surface area contributed by atoms with Gasteiger partial charge in [-0.05, 0) is 17.0 Å². The number of nitrogens with zero attached hydrogens (tertiary/aromatic N) is 3. The summed E-state index contributed by atoms with van der Waals surface area (Å²) in [7, 11) is -2.55. The Morgan fingerprint density at radius 3 is 2.75 bits per heavy atom. The van der Waals surface area contributed by atoms with Crippen LogP contribution in [0.4, 0.5) is 0 Å². The van der Waals surface area contributed by atoms with E-state index in [1.165, 1.54) is 17.5 Å². The molecule has 1 aliphatic rings. The summed E-state index contributed by atoms with van der Waals surface area (Å²) in [5.41, 5.74) is 1.07. The van der Waals surface area contributed by atoms with Crippen LogP contribution in [-0.4, -0.2) is 49.0 Å². The molecule has 2 aromatic heterocycles. The zero-order chi connectivity index (χ0) is 19.7. The molecule has 0 N–H and O–H groups in total. The monoisotopic (exact) mass is 419 g/mol. The Labute approximate surface area is 165 Å². The lowest BCUT2D eigenvalue weighted by atomic mass is 10.0. The quantitative estimate of drug-likeness (QED) is 0.565. The lowest BCUT2D eigenvalue weighted by Gasteiger charge is -2.35. The molecule has 28 heavy (non-hydrogen) atoms. The molecule has 4 rings (SSSR count). The first-order chi connectivity index (χ1) is 13.5. The third-order valence-electron chi connectivity index (χ3n) is 4.50. The van der Waals surface area contributed by atoms with Crippen LogP contribution in [0.15, 0.2) is 51.2 Å². The molecule has 1 saturated heterocycles. The first-order valence-electron chi connectivity index (χ1n) is 8.51. The van der Waals surface area contributed by atoms with E-state index in [-0.39, 0.29) is 28.8 Å². The number of aromatic nitrogens is 2. The van der Waals surface area contributed by atoms with Crippen molar-refractivity contribution in [3.8, 4) is 0 Å². The van der Waals surface area contributed by atoms with E-state index in [2.05, 4.69) is 14.9 Å². The molecule has 0 amide bonds. The molecule has 146 valence electrons. The van der Waals surface area contributed by atoms with Gasteiger partial charge in [0.25, 0.3) is 0 Å². The fourth-order valence-corrected chi connectivity index (χ4v) is 5.79. The molecule has 0 radical (unpaired) electrons. The van der Waals surface area contributed by atoms with Crippen molar-refractivity contribution < 1.29 is 22.5 Å². The average molecular weight is 419 g/mol. The number of esters is 1. The topological polar surface area (TPSA) is 103 Å². The maximum absolute atomic E-state index is 12.8. The van der Waals surface area contributed by atoms with Crippen LogP contribution in [0.1, 0.15) is 32.9 Å². The van der Waals surface area contributed by atoms with E-state index >= 15 is 0 Å². The highest BCUT2D eigenvalue weighted by atomic mass is 32.2. The van der Waals surface area contributed by atoms with Crippen molar-refractivity contribution in [3.05, 3.63) is 63.9 Å². The molecule has 3 heterocycles. The Morgan fingerprint density at radius 1 is 1.29 bits per heavy atom. The molecule has 0 bridgehead atoms. The van der Waals surface area contributed by atoms with Crippen LogP contribution < -0.4 is 0 Å². The van der Waals surface area contributed by atoms with E-state index in [0.29, 0.717) is 18.1 Å². The lowest BCUT2D eigenvalue weighted by molar-refractivity contribution is 0.0602. The highest BCUT2D eigenvalue weighted by Crippen LogP contribution is 2.34. The Morgan fingerprint density at radius 2 is 2.04 bits per heavy atom. The Balaban J connectivity index is 1.43. The molecular formula is C18H17N3O5S2. The smallest absolute Gasteiger partial charge is 0.349 e. The van der Waals surface area contributed by atoms with Crippen molar-refractivity contribution >= 4 is 27.3 Å². The summed E-state index contributed by atoms with van der Waals surface area (Å²) in [4.78, 5) is 16.2. The van der Waals surface area contributed by atoms with Crippen LogP contribution in [0.3, 0.4) is 0 Å². The fourth-order valence-electron chi connectivity index (χ4n) is 2.96. The van der Waals surface area contributed by atoms with E-state index in [1.807, 2.05) is 30.3 Å². The number of carbonyl (C=O) groups is 1. The number of sulfonamides is 1. The number of hydrogen-bond acceptors (Lipinski definition) is 8. The molecule has 0 unspecified atom stereocenters. The Hall–Kier alpha value is -2.56. The van der Waals surface area contributed by atoms with E-state index in [4.69, 9.17) is 4.52 Å². The molecule has 10 heteroatoms. The van der Waals surface area contributed by atoms with E-state index < -0.39 is 16.0 Å². The van der Waals surface area contributed by atoms with E-state index in [9.17, 15) is 13.2 Å². The molecule has 0 atom stereocenters. The third-order valence-corrected chi connectivity index (χ3v) is 7.40. The van der Waals surface area contributed by atoms with Crippen LogP contribution in [-0.2, 0) is 21.2 Å². The zero-order valence-electron chi connectivity index (χ0n) is 14.9. The molecule has 0 aliphatic carbocycles. The molecule has 1 aliphatic heterocycles. The van der Waals surface area contributed by atoms with Gasteiger partial charge in [0.2, 0.25) is 15.9 Å². The Kier molecular flexibility index (Phi) is 5.00. The van der Waals surface area contributed by atoms with Crippen molar-refractivity contribution in [3.63, 3.8) is 0 Å². The van der Waals surface area contributed by atoms with Gasteiger partial charge in [0.15, 0.2) is 5.82 Å². The van der Waals surface area contributed by atoms with Gasteiger partial charge in [0, 0.05) is 19.5 Å². The van der Waals surface area contributed by atoms with Crippen molar-refractivity contribution in [2.75, 3.05) is 20.2 Å². The van der Waals surface area contributed by atoms with Crippen LogP contribution in [0.25, 0.3) is 0 Å².